The second kappa shape index (κ2) is 6.73. The molecule has 0 saturated carbocycles. The first-order chi connectivity index (χ1) is 8.41. The number of alkyl halides is 1. The van der Waals surface area contributed by atoms with E-state index in [1.54, 1.807) is 0 Å². The van der Waals surface area contributed by atoms with Crippen LogP contribution in [0.3, 0.4) is 0 Å². The van der Waals surface area contributed by atoms with Crippen LogP contribution in [0.15, 0.2) is 18.2 Å². The first-order valence-electron chi connectivity index (χ1n) is 5.81. The van der Waals surface area contributed by atoms with Crippen LogP contribution in [0.2, 0.25) is 0 Å². The molecule has 1 aromatic rings. The van der Waals surface area contributed by atoms with E-state index in [0.717, 1.165) is 12.5 Å². The van der Waals surface area contributed by atoms with Crippen molar-refractivity contribution in [3.63, 3.8) is 0 Å². The predicted octanol–water partition coefficient (Wildman–Crippen LogP) is 3.07. The summed E-state index contributed by atoms with van der Waals surface area (Å²) in [5.41, 5.74) is -0.304. The molecule has 1 amide bonds. The van der Waals surface area contributed by atoms with Gasteiger partial charge in [0.2, 0.25) is 0 Å². The third-order valence-electron chi connectivity index (χ3n) is 2.43. The molecule has 0 heterocycles. The molecule has 1 atom stereocenters. The zero-order chi connectivity index (χ0) is 13.7. The van der Waals surface area contributed by atoms with Crippen molar-refractivity contribution < 1.29 is 14.3 Å². The number of phenolic OH excluding ortho intramolecular Hbond substituents is 1. The molecule has 0 radical (unpaired) electrons. The van der Waals surface area contributed by atoms with Gasteiger partial charge in [-0.2, -0.15) is 0 Å². The Kier molecular flexibility index (Phi) is 5.59. The van der Waals surface area contributed by atoms with E-state index in [2.05, 4.69) is 35.1 Å². The Bertz CT molecular complexity index is 403. The van der Waals surface area contributed by atoms with Gasteiger partial charge in [-0.15, -0.1) is 0 Å². The number of aromatic hydroxyl groups is 1. The van der Waals surface area contributed by atoms with Crippen molar-refractivity contribution in [1.82, 2.24) is 5.32 Å². The van der Waals surface area contributed by atoms with Gasteiger partial charge < -0.3 is 10.4 Å². The quantitative estimate of drug-likeness (QED) is 0.820. The fourth-order valence-corrected chi connectivity index (χ4v) is 2.53. The summed E-state index contributed by atoms with van der Waals surface area (Å²) in [6.45, 7) is 4.56. The van der Waals surface area contributed by atoms with Crippen molar-refractivity contribution in [2.75, 3.05) is 6.54 Å². The van der Waals surface area contributed by atoms with Crippen LogP contribution in [-0.2, 0) is 0 Å². The fraction of sp³-hybridized carbons (Fsp3) is 0.462. The lowest BCUT2D eigenvalue weighted by atomic mass is 10.1. The zero-order valence-electron chi connectivity index (χ0n) is 10.4. The number of benzene rings is 1. The van der Waals surface area contributed by atoms with Crippen LogP contribution in [0.1, 0.15) is 30.6 Å². The summed E-state index contributed by atoms with van der Waals surface area (Å²) in [6, 6.07) is 3.79. The van der Waals surface area contributed by atoms with E-state index in [1.165, 1.54) is 12.1 Å². The number of phenols is 1. The molecule has 0 aliphatic rings. The van der Waals surface area contributed by atoms with Crippen LogP contribution in [0.5, 0.6) is 5.75 Å². The molecule has 1 aromatic carbocycles. The van der Waals surface area contributed by atoms with Crippen molar-refractivity contribution >= 4 is 21.8 Å². The highest BCUT2D eigenvalue weighted by atomic mass is 79.9. The highest BCUT2D eigenvalue weighted by molar-refractivity contribution is 9.09. The minimum absolute atomic E-state index is 0.135. The Hall–Kier alpha value is -1.10. The summed E-state index contributed by atoms with van der Waals surface area (Å²) in [6.07, 6.45) is 0.906. The van der Waals surface area contributed by atoms with Crippen LogP contribution < -0.4 is 5.32 Å². The molecule has 0 aliphatic carbocycles. The van der Waals surface area contributed by atoms with Gasteiger partial charge in [-0.25, -0.2) is 4.39 Å². The molecule has 0 fully saturated rings. The average Bonchev–Trinajstić information content (AvgIpc) is 2.25. The molecule has 0 bridgehead atoms. The van der Waals surface area contributed by atoms with E-state index in [4.69, 9.17) is 0 Å². The molecule has 0 aromatic heterocycles. The summed E-state index contributed by atoms with van der Waals surface area (Å²) in [7, 11) is 0. The molecule has 0 spiro atoms. The van der Waals surface area contributed by atoms with Crippen molar-refractivity contribution in [1.29, 1.82) is 0 Å². The van der Waals surface area contributed by atoms with E-state index in [0.29, 0.717) is 12.5 Å². The van der Waals surface area contributed by atoms with Gasteiger partial charge in [-0.05, 0) is 24.5 Å². The van der Waals surface area contributed by atoms with Crippen molar-refractivity contribution in [2.45, 2.75) is 25.1 Å². The summed E-state index contributed by atoms with van der Waals surface area (Å²) in [4.78, 5) is 11.9. The lowest BCUT2D eigenvalue weighted by Crippen LogP contribution is -2.30. The minimum atomic E-state index is -0.720. The number of amides is 1. The summed E-state index contributed by atoms with van der Waals surface area (Å²) >= 11 is 3.45. The van der Waals surface area contributed by atoms with E-state index in [1.807, 2.05) is 0 Å². The standard InChI is InChI=1S/C13H17BrFNO2/c1-8(2)6-9(14)7-16-13(18)12-10(15)4-3-5-11(12)17/h3-5,8-9,17H,6-7H2,1-2H3,(H,16,18). The summed E-state index contributed by atoms with van der Waals surface area (Å²) in [5.74, 6) is -1.16. The second-order valence-corrected chi connectivity index (χ2v) is 5.87. The van der Waals surface area contributed by atoms with Gasteiger partial charge in [0.15, 0.2) is 0 Å². The molecule has 100 valence electrons. The molecule has 0 aliphatic heterocycles. The van der Waals surface area contributed by atoms with Crippen molar-refractivity contribution in [2.24, 2.45) is 5.92 Å². The number of hydrogen-bond donors (Lipinski definition) is 2. The van der Waals surface area contributed by atoms with Crippen LogP contribution >= 0.6 is 15.9 Å². The van der Waals surface area contributed by atoms with Crippen molar-refractivity contribution in [3.05, 3.63) is 29.6 Å². The number of carbonyl (C=O) groups is 1. The molecule has 5 heteroatoms. The second-order valence-electron chi connectivity index (χ2n) is 4.57. The van der Waals surface area contributed by atoms with Gasteiger partial charge in [-0.3, -0.25) is 4.79 Å². The average molecular weight is 318 g/mol. The van der Waals surface area contributed by atoms with E-state index < -0.39 is 11.7 Å². The predicted molar refractivity (Wildman–Crippen MR) is 72.6 cm³/mol. The summed E-state index contributed by atoms with van der Waals surface area (Å²) in [5, 5.41) is 12.1. The monoisotopic (exact) mass is 317 g/mol. The Morgan fingerprint density at radius 3 is 2.72 bits per heavy atom. The lowest BCUT2D eigenvalue weighted by Gasteiger charge is -2.13. The molecule has 1 rings (SSSR count). The fourth-order valence-electron chi connectivity index (χ4n) is 1.62. The number of hydrogen-bond acceptors (Lipinski definition) is 2. The molecule has 2 N–H and O–H groups in total. The maximum Gasteiger partial charge on any atom is 0.258 e. The first-order valence-corrected chi connectivity index (χ1v) is 6.73. The highest BCUT2D eigenvalue weighted by Gasteiger charge is 2.17. The molecule has 1 unspecified atom stereocenters. The Morgan fingerprint density at radius 2 is 2.17 bits per heavy atom. The van der Waals surface area contributed by atoms with E-state index in [9.17, 15) is 14.3 Å². The highest BCUT2D eigenvalue weighted by Crippen LogP contribution is 2.19. The SMILES string of the molecule is CC(C)CC(Br)CNC(=O)c1c(O)cccc1F. The van der Waals surface area contributed by atoms with E-state index in [-0.39, 0.29) is 16.1 Å². The smallest absolute Gasteiger partial charge is 0.258 e. The topological polar surface area (TPSA) is 49.3 Å². The van der Waals surface area contributed by atoms with Gasteiger partial charge in [0.05, 0.1) is 0 Å². The third kappa shape index (κ3) is 4.29. The number of halogens is 2. The maximum atomic E-state index is 13.4. The van der Waals surface area contributed by atoms with Crippen LogP contribution in [0.25, 0.3) is 0 Å². The Labute approximate surface area is 115 Å². The summed E-state index contributed by atoms with van der Waals surface area (Å²) < 4.78 is 13.4. The van der Waals surface area contributed by atoms with Gasteiger partial charge in [0.25, 0.3) is 5.91 Å². The number of carbonyl (C=O) groups excluding carboxylic acids is 1. The zero-order valence-corrected chi connectivity index (χ0v) is 12.0. The largest absolute Gasteiger partial charge is 0.507 e. The lowest BCUT2D eigenvalue weighted by molar-refractivity contribution is 0.0946. The van der Waals surface area contributed by atoms with Crippen molar-refractivity contribution in [3.8, 4) is 5.75 Å². The van der Waals surface area contributed by atoms with Gasteiger partial charge >= 0.3 is 0 Å². The molecular weight excluding hydrogens is 301 g/mol. The van der Waals surface area contributed by atoms with Crippen LogP contribution in [-0.4, -0.2) is 22.4 Å². The molecule has 3 nitrogen and oxygen atoms in total. The van der Waals surface area contributed by atoms with Crippen LogP contribution in [0, 0.1) is 11.7 Å². The van der Waals surface area contributed by atoms with Crippen LogP contribution in [0.4, 0.5) is 4.39 Å². The van der Waals surface area contributed by atoms with E-state index >= 15 is 0 Å². The van der Waals surface area contributed by atoms with Gasteiger partial charge in [0.1, 0.15) is 17.1 Å². The molecule has 18 heavy (non-hydrogen) atoms. The number of nitrogens with one attached hydrogen (secondary N) is 1. The maximum absolute atomic E-state index is 13.4. The third-order valence-corrected chi connectivity index (χ3v) is 3.13. The van der Waals surface area contributed by atoms with Gasteiger partial charge in [0, 0.05) is 11.4 Å². The normalized spacial score (nSPS) is 12.5. The number of rotatable bonds is 5. The Balaban J connectivity index is 2.61. The van der Waals surface area contributed by atoms with Gasteiger partial charge in [-0.1, -0.05) is 35.8 Å². The Morgan fingerprint density at radius 1 is 1.50 bits per heavy atom. The molecule has 0 saturated heterocycles. The minimum Gasteiger partial charge on any atom is -0.507 e. The molecular formula is C13H17BrFNO2. The first kappa shape index (κ1) is 15.0.